The first-order chi connectivity index (χ1) is 17.9. The molecule has 4 saturated carbocycles. The molecule has 0 N–H and O–H groups in total. The van der Waals surface area contributed by atoms with E-state index in [9.17, 15) is 9.59 Å². The Kier molecular flexibility index (Phi) is 8.30. The minimum absolute atomic E-state index is 0.00782. The summed E-state index contributed by atoms with van der Waals surface area (Å²) in [7, 11) is 0. The Morgan fingerprint density at radius 1 is 0.865 bits per heavy atom. The first-order valence-electron chi connectivity index (χ1n) is 15.9. The van der Waals surface area contributed by atoms with Gasteiger partial charge in [-0.25, -0.2) is 0 Å². The SMILES string of the molecule is CCC1CC(C(=O)OC2(CC)CCCC2)C(CC)O1.CCC1CC(CC)C2C3CC(C4COC(=O)C43)C12. The van der Waals surface area contributed by atoms with E-state index >= 15 is 0 Å². The smallest absolute Gasteiger partial charge is 0.312 e. The molecule has 0 amide bonds. The minimum atomic E-state index is -0.167. The molecule has 5 heteroatoms. The molecule has 0 aromatic rings. The number of carbonyl (C=O) groups is 2. The maximum Gasteiger partial charge on any atom is 0.312 e. The predicted molar refractivity (Wildman–Crippen MR) is 144 cm³/mol. The number of esters is 2. The Bertz CT molecular complexity index is 818. The van der Waals surface area contributed by atoms with Gasteiger partial charge in [0, 0.05) is 5.92 Å². The van der Waals surface area contributed by atoms with Crippen LogP contribution in [-0.4, -0.2) is 36.4 Å². The largest absolute Gasteiger partial charge is 0.465 e. The van der Waals surface area contributed by atoms with Gasteiger partial charge in [-0.15, -0.1) is 0 Å². The molecule has 11 unspecified atom stereocenters. The number of fused-ring (bicyclic) bond motifs is 8. The molecular formula is C32H52O5. The quantitative estimate of drug-likeness (QED) is 0.342. The van der Waals surface area contributed by atoms with E-state index in [1.54, 1.807) is 0 Å². The number of hydrogen-bond donors (Lipinski definition) is 0. The highest BCUT2D eigenvalue weighted by molar-refractivity contribution is 5.76. The second-order valence-corrected chi connectivity index (χ2v) is 13.2. The van der Waals surface area contributed by atoms with Crippen molar-refractivity contribution in [3.05, 3.63) is 0 Å². The van der Waals surface area contributed by atoms with Crippen LogP contribution in [-0.2, 0) is 23.8 Å². The normalized spacial score (nSPS) is 44.8. The lowest BCUT2D eigenvalue weighted by atomic mass is 9.67. The molecule has 2 aliphatic heterocycles. The zero-order valence-corrected chi connectivity index (χ0v) is 24.1. The Morgan fingerprint density at radius 3 is 2.14 bits per heavy atom. The van der Waals surface area contributed by atoms with Crippen molar-refractivity contribution < 1.29 is 23.8 Å². The van der Waals surface area contributed by atoms with E-state index in [-0.39, 0.29) is 35.7 Å². The standard InChI is InChI=1S/C16H28O3.C16H24O2/c1-4-12-11-13(14(5-2)18-12)15(17)19-16(6-3)9-7-8-10-16;1-3-8-5-9(4-2)14-11-6-10(13(8)14)12-7-18-16(17)15(11)12/h12-14H,4-11H2,1-3H3;8-15H,3-7H2,1-2H3. The fourth-order valence-electron chi connectivity index (χ4n) is 9.95. The fraction of sp³-hybridized carbons (Fsp3) is 0.938. The van der Waals surface area contributed by atoms with E-state index in [1.807, 2.05) is 0 Å². The van der Waals surface area contributed by atoms with Crippen LogP contribution in [0.2, 0.25) is 0 Å². The van der Waals surface area contributed by atoms with Crippen molar-refractivity contribution in [3.63, 3.8) is 0 Å². The third-order valence-electron chi connectivity index (χ3n) is 11.9. The van der Waals surface area contributed by atoms with Gasteiger partial charge < -0.3 is 14.2 Å². The van der Waals surface area contributed by atoms with E-state index < -0.39 is 0 Å². The van der Waals surface area contributed by atoms with E-state index in [4.69, 9.17) is 14.2 Å². The van der Waals surface area contributed by atoms with Crippen molar-refractivity contribution >= 4 is 11.9 Å². The van der Waals surface area contributed by atoms with E-state index in [2.05, 4.69) is 34.6 Å². The number of cyclic esters (lactones) is 1. The van der Waals surface area contributed by atoms with Crippen LogP contribution in [0.25, 0.3) is 0 Å². The monoisotopic (exact) mass is 516 g/mol. The molecular weight excluding hydrogens is 464 g/mol. The summed E-state index contributed by atoms with van der Waals surface area (Å²) >= 11 is 0. The number of rotatable bonds is 7. The van der Waals surface area contributed by atoms with Crippen molar-refractivity contribution in [2.45, 2.75) is 129 Å². The molecule has 0 aromatic carbocycles. The van der Waals surface area contributed by atoms with Gasteiger partial charge >= 0.3 is 11.9 Å². The molecule has 2 saturated heterocycles. The zero-order valence-electron chi connectivity index (χ0n) is 24.1. The summed E-state index contributed by atoms with van der Waals surface area (Å²) in [5.41, 5.74) is -0.167. The van der Waals surface area contributed by atoms with Gasteiger partial charge in [-0.1, -0.05) is 47.5 Å². The van der Waals surface area contributed by atoms with Crippen LogP contribution in [0.4, 0.5) is 0 Å². The first-order valence-corrected chi connectivity index (χ1v) is 15.9. The van der Waals surface area contributed by atoms with E-state index in [0.717, 1.165) is 74.7 Å². The lowest BCUT2D eigenvalue weighted by Crippen LogP contribution is -2.36. The zero-order chi connectivity index (χ0) is 26.3. The molecule has 6 fully saturated rings. The summed E-state index contributed by atoms with van der Waals surface area (Å²) in [6.45, 7) is 11.8. The average molecular weight is 517 g/mol. The van der Waals surface area contributed by atoms with Crippen LogP contribution in [0.15, 0.2) is 0 Å². The highest BCUT2D eigenvalue weighted by Crippen LogP contribution is 2.68. The molecule has 2 heterocycles. The molecule has 2 bridgehead atoms. The molecule has 0 radical (unpaired) electrons. The van der Waals surface area contributed by atoms with E-state index in [1.165, 1.54) is 38.5 Å². The van der Waals surface area contributed by atoms with Crippen molar-refractivity contribution in [2.24, 2.45) is 53.3 Å². The van der Waals surface area contributed by atoms with Crippen molar-refractivity contribution in [2.75, 3.05) is 6.61 Å². The fourth-order valence-corrected chi connectivity index (χ4v) is 9.95. The Morgan fingerprint density at radius 2 is 1.54 bits per heavy atom. The van der Waals surface area contributed by atoms with Crippen molar-refractivity contribution in [3.8, 4) is 0 Å². The highest BCUT2D eigenvalue weighted by atomic mass is 16.6. The lowest BCUT2D eigenvalue weighted by Gasteiger charge is -2.35. The molecule has 4 aliphatic carbocycles. The third kappa shape index (κ3) is 4.78. The second-order valence-electron chi connectivity index (χ2n) is 13.2. The van der Waals surface area contributed by atoms with Crippen LogP contribution in [0, 0.1) is 53.3 Å². The molecule has 6 rings (SSSR count). The number of ether oxygens (including phenoxy) is 3. The van der Waals surface area contributed by atoms with Gasteiger partial charge in [-0.05, 0) is 99.7 Å². The summed E-state index contributed by atoms with van der Waals surface area (Å²) in [4.78, 5) is 24.5. The molecule has 11 atom stereocenters. The van der Waals surface area contributed by atoms with E-state index in [0.29, 0.717) is 17.8 Å². The molecule has 0 aromatic heterocycles. The topological polar surface area (TPSA) is 61.8 Å². The Labute approximate surface area is 225 Å². The number of hydrogen-bond acceptors (Lipinski definition) is 5. The van der Waals surface area contributed by atoms with Crippen LogP contribution in [0.5, 0.6) is 0 Å². The van der Waals surface area contributed by atoms with Gasteiger partial charge in [0.1, 0.15) is 5.60 Å². The molecule has 210 valence electrons. The van der Waals surface area contributed by atoms with Gasteiger partial charge in [0.05, 0.1) is 30.7 Å². The summed E-state index contributed by atoms with van der Waals surface area (Å²) < 4.78 is 17.2. The maximum absolute atomic E-state index is 12.5. The summed E-state index contributed by atoms with van der Waals surface area (Å²) in [6, 6.07) is 0. The predicted octanol–water partition coefficient (Wildman–Crippen LogP) is 6.96. The van der Waals surface area contributed by atoms with Crippen molar-refractivity contribution in [1.29, 1.82) is 0 Å². The van der Waals surface area contributed by atoms with Gasteiger partial charge in [0.2, 0.25) is 0 Å². The van der Waals surface area contributed by atoms with Crippen LogP contribution in [0.1, 0.15) is 112 Å². The van der Waals surface area contributed by atoms with Crippen LogP contribution in [0.3, 0.4) is 0 Å². The highest BCUT2D eigenvalue weighted by Gasteiger charge is 2.67. The summed E-state index contributed by atoms with van der Waals surface area (Å²) in [6.07, 6.45) is 13.9. The van der Waals surface area contributed by atoms with Gasteiger partial charge in [-0.3, -0.25) is 9.59 Å². The molecule has 0 spiro atoms. The number of carbonyl (C=O) groups excluding carboxylic acids is 2. The Balaban J connectivity index is 0.000000151. The first kappa shape index (κ1) is 27.5. The Hall–Kier alpha value is -1.10. The van der Waals surface area contributed by atoms with Gasteiger partial charge in [0.25, 0.3) is 0 Å². The lowest BCUT2D eigenvalue weighted by molar-refractivity contribution is -0.166. The summed E-state index contributed by atoms with van der Waals surface area (Å²) in [5, 5.41) is 0. The maximum atomic E-state index is 12.5. The second kappa shape index (κ2) is 11.2. The van der Waals surface area contributed by atoms with Gasteiger partial charge in [0.15, 0.2) is 0 Å². The van der Waals surface area contributed by atoms with Crippen LogP contribution < -0.4 is 0 Å². The summed E-state index contributed by atoms with van der Waals surface area (Å²) in [5.74, 6) is 6.09. The third-order valence-corrected chi connectivity index (χ3v) is 11.9. The minimum Gasteiger partial charge on any atom is -0.465 e. The van der Waals surface area contributed by atoms with Crippen molar-refractivity contribution in [1.82, 2.24) is 0 Å². The van der Waals surface area contributed by atoms with Gasteiger partial charge in [-0.2, -0.15) is 0 Å². The van der Waals surface area contributed by atoms with Crippen LogP contribution >= 0.6 is 0 Å². The molecule has 5 nitrogen and oxygen atoms in total. The average Bonchev–Trinajstić information content (AvgIpc) is 3.74. The molecule has 37 heavy (non-hydrogen) atoms. The molecule has 6 aliphatic rings.